The Morgan fingerprint density at radius 1 is 1.10 bits per heavy atom. The number of benzene rings is 2. The highest BCUT2D eigenvalue weighted by Crippen LogP contribution is 2.33. The van der Waals surface area contributed by atoms with Crippen molar-refractivity contribution in [1.29, 1.82) is 5.26 Å². The van der Waals surface area contributed by atoms with Gasteiger partial charge in [-0.2, -0.15) is 5.26 Å². The van der Waals surface area contributed by atoms with Crippen molar-refractivity contribution in [2.45, 2.75) is 39.2 Å². The van der Waals surface area contributed by atoms with Crippen molar-refractivity contribution in [2.24, 2.45) is 17.8 Å². The number of aromatic amines is 1. The minimum absolute atomic E-state index is 0.152. The van der Waals surface area contributed by atoms with Gasteiger partial charge in [-0.25, -0.2) is 0 Å². The van der Waals surface area contributed by atoms with Crippen molar-refractivity contribution in [3.8, 4) is 11.8 Å². The van der Waals surface area contributed by atoms with Crippen LogP contribution in [0.15, 0.2) is 48.7 Å². The third-order valence-electron chi connectivity index (χ3n) is 8.92. The molecule has 0 aliphatic carbocycles. The third kappa shape index (κ3) is 7.52. The van der Waals surface area contributed by atoms with Crippen molar-refractivity contribution < 1.29 is 14.3 Å². The number of amides is 1. The van der Waals surface area contributed by atoms with Crippen LogP contribution in [0.5, 0.6) is 5.75 Å². The van der Waals surface area contributed by atoms with E-state index in [-0.39, 0.29) is 5.91 Å². The highest BCUT2D eigenvalue weighted by Gasteiger charge is 2.29. The number of hydrogen-bond acceptors (Lipinski definition) is 6. The zero-order valence-electron chi connectivity index (χ0n) is 25.1. The predicted molar refractivity (Wildman–Crippen MR) is 165 cm³/mol. The highest BCUT2D eigenvalue weighted by molar-refractivity contribution is 5.94. The van der Waals surface area contributed by atoms with Crippen LogP contribution in [0, 0.1) is 36.0 Å². The van der Waals surface area contributed by atoms with Gasteiger partial charge in [-0.1, -0.05) is 18.2 Å². The third-order valence-corrected chi connectivity index (χ3v) is 8.92. The average Bonchev–Trinajstić information content (AvgIpc) is 3.48. The molecule has 224 valence electrons. The van der Waals surface area contributed by atoms with E-state index in [4.69, 9.17) is 14.7 Å². The molecule has 0 unspecified atom stereocenters. The van der Waals surface area contributed by atoms with E-state index >= 15 is 0 Å². The molecule has 3 aliphatic heterocycles. The second kappa shape index (κ2) is 14.7. The number of fused-ring (bicyclic) bond motifs is 1. The number of ether oxygens (including phenoxy) is 2. The van der Waals surface area contributed by atoms with E-state index in [9.17, 15) is 4.79 Å². The van der Waals surface area contributed by atoms with Crippen LogP contribution in [-0.4, -0.2) is 80.3 Å². The van der Waals surface area contributed by atoms with Crippen molar-refractivity contribution >= 4 is 16.8 Å². The van der Waals surface area contributed by atoms with Crippen LogP contribution in [0.4, 0.5) is 0 Å². The zero-order valence-corrected chi connectivity index (χ0v) is 25.1. The van der Waals surface area contributed by atoms with E-state index < -0.39 is 0 Å². The Hall–Kier alpha value is -3.38. The van der Waals surface area contributed by atoms with Crippen LogP contribution < -0.4 is 10.1 Å². The van der Waals surface area contributed by atoms with Gasteiger partial charge in [0.25, 0.3) is 5.91 Å². The molecule has 3 aliphatic rings. The molecule has 3 fully saturated rings. The summed E-state index contributed by atoms with van der Waals surface area (Å²) in [7, 11) is 1.75. The lowest BCUT2D eigenvalue weighted by atomic mass is 9.92. The molecule has 3 aromatic rings. The van der Waals surface area contributed by atoms with Crippen LogP contribution in [0.25, 0.3) is 10.9 Å². The first kappa shape index (κ1) is 30.1. The van der Waals surface area contributed by atoms with Crippen molar-refractivity contribution in [3.63, 3.8) is 0 Å². The molecule has 6 rings (SSSR count). The van der Waals surface area contributed by atoms with Gasteiger partial charge in [-0.15, -0.1) is 0 Å². The predicted octanol–water partition coefficient (Wildman–Crippen LogP) is 5.00. The molecule has 4 heterocycles. The van der Waals surface area contributed by atoms with Crippen molar-refractivity contribution in [1.82, 2.24) is 20.1 Å². The van der Waals surface area contributed by atoms with Gasteiger partial charge in [0.15, 0.2) is 0 Å². The molecule has 1 aromatic heterocycles. The number of piperidine rings is 1. The summed E-state index contributed by atoms with van der Waals surface area (Å²) < 4.78 is 10.9. The van der Waals surface area contributed by atoms with E-state index in [0.717, 1.165) is 82.7 Å². The van der Waals surface area contributed by atoms with Gasteiger partial charge in [0.2, 0.25) is 0 Å². The maximum absolute atomic E-state index is 12.6. The summed E-state index contributed by atoms with van der Waals surface area (Å²) in [6.07, 6.45) is 6.16. The Balaban J connectivity index is 0.000000171. The largest absolute Gasteiger partial charge is 0.496 e. The molecular weight excluding hydrogens is 526 g/mol. The number of rotatable bonds is 10. The summed E-state index contributed by atoms with van der Waals surface area (Å²) in [5.74, 6) is 2.98. The second-order valence-electron chi connectivity index (χ2n) is 12.1. The number of H-pyrrole nitrogens is 1. The number of methoxy groups -OCH3 is 1. The van der Waals surface area contributed by atoms with Gasteiger partial charge in [-0.3, -0.25) is 9.69 Å². The van der Waals surface area contributed by atoms with Gasteiger partial charge in [0.1, 0.15) is 5.75 Å². The standard InChI is InChI=1S/C19H25N3O.C15H20N2O2/c1-14-12-18(23-2)17(16-5-9-21-19(14)16)13-22-10-6-15(7-11-22)4-3-8-20;18-15(14-4-2-1-3-5-14)17(8-12-6-16-7-12)9-13-10-19-11-13/h5,9,12,15,21H,3-4,6-7,10-11,13H2,1-2H3;1-5,12-13,16H,6-11H2. The van der Waals surface area contributed by atoms with E-state index in [2.05, 4.69) is 40.3 Å². The van der Waals surface area contributed by atoms with E-state index in [1.165, 1.54) is 34.9 Å². The molecule has 0 saturated carbocycles. The lowest BCUT2D eigenvalue weighted by Gasteiger charge is -2.37. The molecule has 0 spiro atoms. The molecule has 0 bridgehead atoms. The average molecular weight is 572 g/mol. The number of carbonyl (C=O) groups is 1. The molecule has 0 atom stereocenters. The summed E-state index contributed by atoms with van der Waals surface area (Å²) in [5.41, 5.74) is 4.50. The fourth-order valence-electron chi connectivity index (χ4n) is 6.20. The van der Waals surface area contributed by atoms with Crippen molar-refractivity contribution in [3.05, 3.63) is 65.4 Å². The molecule has 3 saturated heterocycles. The Kier molecular flexibility index (Phi) is 10.5. The minimum Gasteiger partial charge on any atom is -0.496 e. The Labute approximate surface area is 250 Å². The fraction of sp³-hybridized carbons (Fsp3) is 0.529. The summed E-state index contributed by atoms with van der Waals surface area (Å²) in [6.45, 7) is 10.6. The molecular formula is C34H45N5O3. The van der Waals surface area contributed by atoms with E-state index in [1.807, 2.05) is 41.4 Å². The highest BCUT2D eigenvalue weighted by atomic mass is 16.5. The van der Waals surface area contributed by atoms with E-state index in [1.54, 1.807) is 7.11 Å². The lowest BCUT2D eigenvalue weighted by Crippen LogP contribution is -2.51. The lowest BCUT2D eigenvalue weighted by molar-refractivity contribution is -0.0451. The first-order valence-electron chi connectivity index (χ1n) is 15.4. The maximum Gasteiger partial charge on any atom is 0.253 e. The first-order chi connectivity index (χ1) is 20.6. The zero-order chi connectivity index (χ0) is 29.3. The van der Waals surface area contributed by atoms with E-state index in [0.29, 0.717) is 18.3 Å². The Bertz CT molecular complexity index is 1320. The Morgan fingerprint density at radius 3 is 2.45 bits per heavy atom. The minimum atomic E-state index is 0.152. The van der Waals surface area contributed by atoms with Gasteiger partial charge >= 0.3 is 0 Å². The number of carbonyl (C=O) groups excluding carboxylic acids is 1. The van der Waals surface area contributed by atoms with Gasteiger partial charge < -0.3 is 24.7 Å². The molecule has 2 N–H and O–H groups in total. The van der Waals surface area contributed by atoms with Crippen LogP contribution in [0.3, 0.4) is 0 Å². The molecule has 8 heteroatoms. The smallest absolute Gasteiger partial charge is 0.253 e. The quantitative estimate of drug-likeness (QED) is 0.356. The van der Waals surface area contributed by atoms with Crippen LogP contribution >= 0.6 is 0 Å². The Morgan fingerprint density at radius 2 is 1.83 bits per heavy atom. The number of nitrogens with one attached hydrogen (secondary N) is 2. The molecule has 0 radical (unpaired) electrons. The van der Waals surface area contributed by atoms with Crippen LogP contribution in [0.2, 0.25) is 0 Å². The molecule has 8 nitrogen and oxygen atoms in total. The van der Waals surface area contributed by atoms with Gasteiger partial charge in [-0.05, 0) is 75.0 Å². The first-order valence-corrected chi connectivity index (χ1v) is 15.4. The normalized spacial score (nSPS) is 17.9. The topological polar surface area (TPSA) is 93.6 Å². The van der Waals surface area contributed by atoms with Crippen LogP contribution in [-0.2, 0) is 11.3 Å². The second-order valence-corrected chi connectivity index (χ2v) is 12.1. The number of nitriles is 1. The van der Waals surface area contributed by atoms with Crippen molar-refractivity contribution in [2.75, 3.05) is 59.6 Å². The number of nitrogens with zero attached hydrogens (tertiary/aromatic N) is 3. The molecule has 1 amide bonds. The summed E-state index contributed by atoms with van der Waals surface area (Å²) in [6, 6.07) is 16.1. The summed E-state index contributed by atoms with van der Waals surface area (Å²) >= 11 is 0. The SMILES string of the molecule is COc1cc(C)c2[nH]ccc2c1CN1CCC(CCC#N)CC1.O=C(c1ccccc1)N(CC1CNC1)CC1COC1. The number of aromatic nitrogens is 1. The molecule has 42 heavy (non-hydrogen) atoms. The fourth-order valence-corrected chi connectivity index (χ4v) is 6.20. The van der Waals surface area contributed by atoms with Gasteiger partial charge in [0, 0.05) is 79.2 Å². The summed E-state index contributed by atoms with van der Waals surface area (Å²) in [4.78, 5) is 20.4. The maximum atomic E-state index is 12.6. The number of hydrogen-bond donors (Lipinski definition) is 2. The number of likely N-dealkylation sites (tertiary alicyclic amines) is 1. The monoisotopic (exact) mass is 571 g/mol. The van der Waals surface area contributed by atoms with Crippen LogP contribution in [0.1, 0.15) is 47.2 Å². The van der Waals surface area contributed by atoms with Gasteiger partial charge in [0.05, 0.1) is 26.4 Å². The number of aryl methyl sites for hydroxylation is 1. The molecule has 2 aromatic carbocycles. The summed E-state index contributed by atoms with van der Waals surface area (Å²) in [5, 5.41) is 13.3.